The Balaban J connectivity index is 1.34. The molecule has 1 saturated heterocycles. The van der Waals surface area contributed by atoms with E-state index < -0.39 is 0 Å². The Morgan fingerprint density at radius 3 is 2.69 bits per heavy atom. The Bertz CT molecular complexity index is 1250. The predicted octanol–water partition coefficient (Wildman–Crippen LogP) is 3.36. The quantitative estimate of drug-likeness (QED) is 0.520. The highest BCUT2D eigenvalue weighted by Gasteiger charge is 2.16. The van der Waals surface area contributed by atoms with E-state index in [2.05, 4.69) is 25.3 Å². The van der Waals surface area contributed by atoms with E-state index in [1.165, 1.54) is 0 Å². The average molecular weight is 429 g/mol. The summed E-state index contributed by atoms with van der Waals surface area (Å²) in [7, 11) is 0. The van der Waals surface area contributed by atoms with Crippen molar-refractivity contribution in [1.82, 2.24) is 20.4 Å². The van der Waals surface area contributed by atoms with Crippen molar-refractivity contribution >= 4 is 22.8 Å². The molecule has 162 valence electrons. The molecule has 2 aromatic heterocycles. The molecule has 0 aliphatic carbocycles. The fourth-order valence-electron chi connectivity index (χ4n) is 3.77. The summed E-state index contributed by atoms with van der Waals surface area (Å²) in [5.41, 5.74) is 3.80. The number of nitrogens with one attached hydrogen (secondary N) is 1. The lowest BCUT2D eigenvalue weighted by Gasteiger charge is -2.27. The number of carbonyl (C=O) groups is 1. The van der Waals surface area contributed by atoms with Crippen molar-refractivity contribution in [3.8, 4) is 11.3 Å². The lowest BCUT2D eigenvalue weighted by molar-refractivity contribution is 0.0950. The predicted molar refractivity (Wildman–Crippen MR) is 120 cm³/mol. The number of carbonyl (C=O) groups excluding carboxylic acids is 1. The molecule has 8 heteroatoms. The third-order valence-electron chi connectivity index (χ3n) is 5.39. The number of benzene rings is 2. The molecule has 32 heavy (non-hydrogen) atoms. The van der Waals surface area contributed by atoms with Gasteiger partial charge in [-0.2, -0.15) is 0 Å². The molecule has 1 amide bonds. The molecule has 3 heterocycles. The number of amides is 1. The Morgan fingerprint density at radius 2 is 1.88 bits per heavy atom. The van der Waals surface area contributed by atoms with Gasteiger partial charge in [0.15, 0.2) is 5.76 Å². The number of hydrogen-bond donors (Lipinski definition) is 1. The van der Waals surface area contributed by atoms with Crippen LogP contribution < -0.4 is 10.2 Å². The fraction of sp³-hybridized carbons (Fsp3) is 0.250. The number of fused-ring (bicyclic) bond motifs is 1. The summed E-state index contributed by atoms with van der Waals surface area (Å²) < 4.78 is 10.9. The summed E-state index contributed by atoms with van der Waals surface area (Å²) >= 11 is 0. The van der Waals surface area contributed by atoms with E-state index in [1.807, 2.05) is 49.4 Å². The molecule has 0 bridgehead atoms. The van der Waals surface area contributed by atoms with Crippen LogP contribution in [0, 0.1) is 6.92 Å². The minimum atomic E-state index is -0.184. The highest BCUT2D eigenvalue weighted by Crippen LogP contribution is 2.29. The van der Waals surface area contributed by atoms with Crippen LogP contribution in [0.15, 0.2) is 59.1 Å². The van der Waals surface area contributed by atoms with Crippen molar-refractivity contribution < 1.29 is 14.1 Å². The zero-order chi connectivity index (χ0) is 21.9. The van der Waals surface area contributed by atoms with Crippen LogP contribution in [0.3, 0.4) is 0 Å². The van der Waals surface area contributed by atoms with Gasteiger partial charge in [0.2, 0.25) is 5.95 Å². The van der Waals surface area contributed by atoms with Crippen LogP contribution in [0.4, 0.5) is 5.95 Å². The lowest BCUT2D eigenvalue weighted by atomic mass is 10.1. The van der Waals surface area contributed by atoms with Crippen molar-refractivity contribution in [3.05, 3.63) is 71.5 Å². The van der Waals surface area contributed by atoms with Gasteiger partial charge in [-0.05, 0) is 31.2 Å². The van der Waals surface area contributed by atoms with Gasteiger partial charge in [-0.25, -0.2) is 9.97 Å². The van der Waals surface area contributed by atoms with Crippen LogP contribution in [-0.4, -0.2) is 47.3 Å². The lowest BCUT2D eigenvalue weighted by Crippen LogP contribution is -2.37. The van der Waals surface area contributed by atoms with Crippen LogP contribution in [0.5, 0.6) is 0 Å². The molecule has 0 atom stereocenters. The van der Waals surface area contributed by atoms with Gasteiger partial charge < -0.3 is 19.5 Å². The molecular weight excluding hydrogens is 406 g/mol. The first-order valence-electron chi connectivity index (χ1n) is 10.6. The number of anilines is 1. The molecule has 1 fully saturated rings. The number of hydrogen-bond acceptors (Lipinski definition) is 7. The van der Waals surface area contributed by atoms with Crippen LogP contribution >= 0.6 is 0 Å². The maximum atomic E-state index is 12.9. The molecule has 1 N–H and O–H groups in total. The molecular formula is C24H23N5O3. The second-order valence-corrected chi connectivity index (χ2v) is 7.69. The number of morpholine rings is 1. The standard InChI is InChI=1S/C24H23N5O3/c1-16-13-19(27-24(26-16)29-9-11-31-12-10-29)15-25-23(30)18-7-8-21-20(14-18)22(32-28-21)17-5-3-2-4-6-17/h2-8,13-14H,9-12,15H2,1H3,(H,25,30). The van der Waals surface area contributed by atoms with Gasteiger partial charge in [0.05, 0.1) is 30.8 Å². The average Bonchev–Trinajstić information content (AvgIpc) is 3.26. The van der Waals surface area contributed by atoms with Gasteiger partial charge in [-0.1, -0.05) is 35.5 Å². The normalized spacial score (nSPS) is 14.0. The smallest absolute Gasteiger partial charge is 0.251 e. The topological polar surface area (TPSA) is 93.4 Å². The van der Waals surface area contributed by atoms with Crippen LogP contribution in [-0.2, 0) is 11.3 Å². The number of ether oxygens (including phenoxy) is 1. The third kappa shape index (κ3) is 4.17. The molecule has 2 aromatic carbocycles. The highest BCUT2D eigenvalue weighted by atomic mass is 16.5. The van der Waals surface area contributed by atoms with Crippen LogP contribution in [0.25, 0.3) is 22.2 Å². The molecule has 8 nitrogen and oxygen atoms in total. The monoisotopic (exact) mass is 429 g/mol. The third-order valence-corrected chi connectivity index (χ3v) is 5.39. The van der Waals surface area contributed by atoms with Crippen LogP contribution in [0.2, 0.25) is 0 Å². The Labute approximate surface area is 185 Å². The molecule has 0 saturated carbocycles. The van der Waals surface area contributed by atoms with Gasteiger partial charge in [0.1, 0.15) is 5.52 Å². The van der Waals surface area contributed by atoms with Crippen molar-refractivity contribution in [2.75, 3.05) is 31.2 Å². The Kier molecular flexibility index (Phi) is 5.51. The highest BCUT2D eigenvalue weighted by molar-refractivity contribution is 6.00. The van der Waals surface area contributed by atoms with Gasteiger partial charge in [0, 0.05) is 29.9 Å². The fourth-order valence-corrected chi connectivity index (χ4v) is 3.77. The van der Waals surface area contributed by atoms with E-state index in [4.69, 9.17) is 9.26 Å². The zero-order valence-corrected chi connectivity index (χ0v) is 17.7. The van der Waals surface area contributed by atoms with E-state index >= 15 is 0 Å². The summed E-state index contributed by atoms with van der Waals surface area (Å²) in [5, 5.41) is 7.88. The second-order valence-electron chi connectivity index (χ2n) is 7.69. The Morgan fingerprint density at radius 1 is 1.06 bits per heavy atom. The van der Waals surface area contributed by atoms with E-state index in [-0.39, 0.29) is 5.91 Å². The zero-order valence-electron chi connectivity index (χ0n) is 17.7. The molecule has 4 aromatic rings. The van der Waals surface area contributed by atoms with E-state index in [1.54, 1.807) is 12.1 Å². The Hall–Kier alpha value is -3.78. The largest absolute Gasteiger partial charge is 0.378 e. The van der Waals surface area contributed by atoms with E-state index in [0.717, 1.165) is 35.4 Å². The molecule has 5 rings (SSSR count). The first-order chi connectivity index (χ1) is 15.7. The van der Waals surface area contributed by atoms with Crippen molar-refractivity contribution in [2.24, 2.45) is 0 Å². The van der Waals surface area contributed by atoms with Gasteiger partial charge in [-0.15, -0.1) is 0 Å². The SMILES string of the molecule is Cc1cc(CNC(=O)c2ccc3noc(-c4ccccc4)c3c2)nc(N2CCOCC2)n1. The second kappa shape index (κ2) is 8.76. The summed E-state index contributed by atoms with van der Waals surface area (Å²) in [5.74, 6) is 1.14. The summed E-state index contributed by atoms with van der Waals surface area (Å²) in [6.07, 6.45) is 0. The minimum Gasteiger partial charge on any atom is -0.378 e. The molecule has 1 aliphatic rings. The summed E-state index contributed by atoms with van der Waals surface area (Å²) in [6, 6.07) is 17.0. The van der Waals surface area contributed by atoms with E-state index in [0.29, 0.717) is 42.5 Å². The summed E-state index contributed by atoms with van der Waals surface area (Å²) in [6.45, 7) is 5.10. The first kappa shape index (κ1) is 20.1. The number of aromatic nitrogens is 3. The van der Waals surface area contributed by atoms with Crippen LogP contribution in [0.1, 0.15) is 21.7 Å². The number of aryl methyl sites for hydroxylation is 1. The van der Waals surface area contributed by atoms with Crippen molar-refractivity contribution in [1.29, 1.82) is 0 Å². The summed E-state index contributed by atoms with van der Waals surface area (Å²) in [4.78, 5) is 24.2. The molecule has 0 spiro atoms. The molecule has 0 unspecified atom stereocenters. The maximum Gasteiger partial charge on any atom is 0.251 e. The first-order valence-corrected chi connectivity index (χ1v) is 10.6. The maximum absolute atomic E-state index is 12.9. The molecule has 0 radical (unpaired) electrons. The van der Waals surface area contributed by atoms with Gasteiger partial charge in [0.25, 0.3) is 5.91 Å². The minimum absolute atomic E-state index is 0.184. The molecule has 1 aliphatic heterocycles. The van der Waals surface area contributed by atoms with Gasteiger partial charge in [-0.3, -0.25) is 4.79 Å². The van der Waals surface area contributed by atoms with Crippen molar-refractivity contribution in [2.45, 2.75) is 13.5 Å². The van der Waals surface area contributed by atoms with Gasteiger partial charge >= 0.3 is 0 Å². The van der Waals surface area contributed by atoms with E-state index in [9.17, 15) is 4.79 Å². The number of nitrogens with zero attached hydrogens (tertiary/aromatic N) is 4. The van der Waals surface area contributed by atoms with Crippen molar-refractivity contribution in [3.63, 3.8) is 0 Å². The number of rotatable bonds is 5.